The number of hydrogen-bond donors (Lipinski definition) is 2. The molecular weight excluding hydrogens is 477 g/mol. The van der Waals surface area contributed by atoms with Gasteiger partial charge in [0.25, 0.3) is 0 Å². The van der Waals surface area contributed by atoms with Gasteiger partial charge in [-0.1, -0.05) is 45.2 Å². The van der Waals surface area contributed by atoms with Crippen LogP contribution in [0.5, 0.6) is 5.75 Å². The fraction of sp³-hybridized carbons (Fsp3) is 0.136. The summed E-state index contributed by atoms with van der Waals surface area (Å²) in [4.78, 5) is 11.1. The maximum Gasteiger partial charge on any atom is 0.335 e. The van der Waals surface area contributed by atoms with E-state index < -0.39 is 5.97 Å². The standard InChI is InChI=1S/C22H18BrCl2NO3/c1-13-8-15(22(27)28)3-6-20(13)26-11-16-10-17(23)4-7-21(16)29-12-14-2-5-18(24)19(25)9-14/h2-10,26H,11-12H2,1H3,(H,27,28). The van der Waals surface area contributed by atoms with Gasteiger partial charge in [0.15, 0.2) is 0 Å². The van der Waals surface area contributed by atoms with E-state index in [4.69, 9.17) is 33.0 Å². The highest BCUT2D eigenvalue weighted by Gasteiger charge is 2.09. The summed E-state index contributed by atoms with van der Waals surface area (Å²) in [6.07, 6.45) is 0. The molecule has 0 radical (unpaired) electrons. The minimum Gasteiger partial charge on any atom is -0.489 e. The van der Waals surface area contributed by atoms with Gasteiger partial charge in [-0.25, -0.2) is 4.79 Å². The second kappa shape index (κ2) is 9.53. The summed E-state index contributed by atoms with van der Waals surface area (Å²) < 4.78 is 6.94. The number of aromatic carboxylic acids is 1. The van der Waals surface area contributed by atoms with Crippen molar-refractivity contribution < 1.29 is 14.6 Å². The van der Waals surface area contributed by atoms with Crippen LogP contribution in [-0.4, -0.2) is 11.1 Å². The number of nitrogens with one attached hydrogen (secondary N) is 1. The van der Waals surface area contributed by atoms with E-state index in [0.29, 0.717) is 23.2 Å². The molecule has 0 aliphatic carbocycles. The van der Waals surface area contributed by atoms with E-state index in [9.17, 15) is 4.79 Å². The van der Waals surface area contributed by atoms with Gasteiger partial charge in [0, 0.05) is 22.3 Å². The highest BCUT2D eigenvalue weighted by molar-refractivity contribution is 9.10. The topological polar surface area (TPSA) is 58.6 Å². The Balaban J connectivity index is 1.73. The van der Waals surface area contributed by atoms with Crippen molar-refractivity contribution in [1.29, 1.82) is 0 Å². The number of rotatable bonds is 7. The van der Waals surface area contributed by atoms with Crippen molar-refractivity contribution in [2.45, 2.75) is 20.1 Å². The molecule has 0 fully saturated rings. The quantitative estimate of drug-likeness (QED) is 0.373. The average molecular weight is 495 g/mol. The van der Waals surface area contributed by atoms with Gasteiger partial charge in [-0.15, -0.1) is 0 Å². The molecule has 0 atom stereocenters. The molecule has 4 nitrogen and oxygen atoms in total. The predicted octanol–water partition coefficient (Wildman–Crippen LogP) is 6.95. The van der Waals surface area contributed by atoms with Crippen LogP contribution in [0, 0.1) is 6.92 Å². The Hall–Kier alpha value is -2.21. The molecule has 3 rings (SSSR count). The molecule has 0 saturated carbocycles. The van der Waals surface area contributed by atoms with Crippen LogP contribution in [-0.2, 0) is 13.2 Å². The lowest BCUT2D eigenvalue weighted by atomic mass is 10.1. The molecule has 3 aromatic carbocycles. The van der Waals surface area contributed by atoms with Crippen LogP contribution < -0.4 is 10.1 Å². The van der Waals surface area contributed by atoms with Gasteiger partial charge in [0.05, 0.1) is 15.6 Å². The van der Waals surface area contributed by atoms with E-state index in [1.165, 1.54) is 0 Å². The largest absolute Gasteiger partial charge is 0.489 e. The molecule has 0 aliphatic heterocycles. The number of halogens is 3. The fourth-order valence-corrected chi connectivity index (χ4v) is 3.53. The first-order chi connectivity index (χ1) is 13.8. The number of hydrogen-bond acceptors (Lipinski definition) is 3. The second-order valence-electron chi connectivity index (χ2n) is 6.48. The first kappa shape index (κ1) is 21.5. The van der Waals surface area contributed by atoms with Crippen molar-refractivity contribution >= 4 is 50.8 Å². The van der Waals surface area contributed by atoms with Crippen LogP contribution in [0.4, 0.5) is 5.69 Å². The Bertz CT molecular complexity index is 1060. The molecule has 0 bridgehead atoms. The molecule has 0 aliphatic rings. The third-order valence-electron chi connectivity index (χ3n) is 4.34. The summed E-state index contributed by atoms with van der Waals surface area (Å²) in [7, 11) is 0. The first-order valence-corrected chi connectivity index (χ1v) is 10.3. The number of benzene rings is 3. The van der Waals surface area contributed by atoms with Crippen LogP contribution in [0.2, 0.25) is 10.0 Å². The van der Waals surface area contributed by atoms with E-state index in [1.807, 2.05) is 31.2 Å². The van der Waals surface area contributed by atoms with E-state index in [-0.39, 0.29) is 5.56 Å². The van der Waals surface area contributed by atoms with E-state index in [1.54, 1.807) is 30.3 Å². The highest BCUT2D eigenvalue weighted by atomic mass is 79.9. The smallest absolute Gasteiger partial charge is 0.335 e. The average Bonchev–Trinajstić information content (AvgIpc) is 2.68. The van der Waals surface area contributed by atoms with Crippen molar-refractivity contribution in [1.82, 2.24) is 0 Å². The summed E-state index contributed by atoms with van der Waals surface area (Å²) in [5.74, 6) is -0.198. The van der Waals surface area contributed by atoms with Crippen LogP contribution >= 0.6 is 39.1 Å². The second-order valence-corrected chi connectivity index (χ2v) is 8.21. The van der Waals surface area contributed by atoms with Crippen molar-refractivity contribution in [3.8, 4) is 5.75 Å². The number of aryl methyl sites for hydroxylation is 1. The lowest BCUT2D eigenvalue weighted by molar-refractivity contribution is 0.0697. The zero-order valence-electron chi connectivity index (χ0n) is 15.5. The van der Waals surface area contributed by atoms with Gasteiger partial charge in [0.2, 0.25) is 0 Å². The molecule has 3 aromatic rings. The number of carbonyl (C=O) groups is 1. The maximum absolute atomic E-state index is 11.1. The molecule has 0 spiro atoms. The number of carboxylic acids is 1. The zero-order chi connectivity index (χ0) is 21.0. The van der Waals surface area contributed by atoms with Crippen molar-refractivity contribution in [2.24, 2.45) is 0 Å². The zero-order valence-corrected chi connectivity index (χ0v) is 18.6. The van der Waals surface area contributed by atoms with Crippen molar-refractivity contribution in [3.05, 3.63) is 91.4 Å². The Labute approximate surface area is 187 Å². The molecule has 0 amide bonds. The third kappa shape index (κ3) is 5.66. The minimum atomic E-state index is -0.940. The van der Waals surface area contributed by atoms with Crippen LogP contribution in [0.1, 0.15) is 27.0 Å². The fourth-order valence-electron chi connectivity index (χ4n) is 2.80. The summed E-state index contributed by atoms with van der Waals surface area (Å²) in [6.45, 7) is 2.75. The monoisotopic (exact) mass is 493 g/mol. The van der Waals surface area contributed by atoms with E-state index >= 15 is 0 Å². The molecule has 7 heteroatoms. The number of carboxylic acid groups (broad SMARTS) is 1. The molecule has 0 heterocycles. The minimum absolute atomic E-state index is 0.265. The van der Waals surface area contributed by atoms with Crippen LogP contribution in [0.25, 0.3) is 0 Å². The third-order valence-corrected chi connectivity index (χ3v) is 5.58. The van der Waals surface area contributed by atoms with Gasteiger partial charge in [-0.05, 0) is 66.6 Å². The molecule has 2 N–H and O–H groups in total. The van der Waals surface area contributed by atoms with Crippen molar-refractivity contribution in [2.75, 3.05) is 5.32 Å². The number of ether oxygens (including phenoxy) is 1. The molecule has 29 heavy (non-hydrogen) atoms. The maximum atomic E-state index is 11.1. The Morgan fingerprint density at radius 2 is 1.86 bits per heavy atom. The molecule has 150 valence electrons. The van der Waals surface area contributed by atoms with Crippen LogP contribution in [0.15, 0.2) is 59.1 Å². The Kier molecular flexibility index (Phi) is 7.06. The van der Waals surface area contributed by atoms with Gasteiger partial charge in [0.1, 0.15) is 12.4 Å². The molecule has 0 saturated heterocycles. The van der Waals surface area contributed by atoms with E-state index in [2.05, 4.69) is 21.2 Å². The van der Waals surface area contributed by atoms with E-state index in [0.717, 1.165) is 32.6 Å². The SMILES string of the molecule is Cc1cc(C(=O)O)ccc1NCc1cc(Br)ccc1OCc1ccc(Cl)c(Cl)c1. The first-order valence-electron chi connectivity index (χ1n) is 8.76. The Morgan fingerprint density at radius 1 is 1.07 bits per heavy atom. The molecule has 0 aromatic heterocycles. The molecular formula is C22H18BrCl2NO3. The summed E-state index contributed by atoms with van der Waals surface area (Å²) in [6, 6.07) is 16.2. The highest BCUT2D eigenvalue weighted by Crippen LogP contribution is 2.27. The van der Waals surface area contributed by atoms with Crippen molar-refractivity contribution in [3.63, 3.8) is 0 Å². The molecule has 0 unspecified atom stereocenters. The number of anilines is 1. The Morgan fingerprint density at radius 3 is 2.55 bits per heavy atom. The summed E-state index contributed by atoms with van der Waals surface area (Å²) >= 11 is 15.5. The summed E-state index contributed by atoms with van der Waals surface area (Å²) in [5.41, 5.74) is 3.87. The van der Waals surface area contributed by atoms with Gasteiger partial charge in [-0.3, -0.25) is 0 Å². The van der Waals surface area contributed by atoms with Gasteiger partial charge < -0.3 is 15.2 Å². The van der Waals surface area contributed by atoms with Gasteiger partial charge >= 0.3 is 5.97 Å². The lowest BCUT2D eigenvalue weighted by Crippen LogP contribution is -2.06. The van der Waals surface area contributed by atoms with Crippen LogP contribution in [0.3, 0.4) is 0 Å². The summed E-state index contributed by atoms with van der Waals surface area (Å²) in [5, 5.41) is 13.4. The predicted molar refractivity (Wildman–Crippen MR) is 120 cm³/mol. The normalized spacial score (nSPS) is 10.6. The lowest BCUT2D eigenvalue weighted by Gasteiger charge is -2.15. The van der Waals surface area contributed by atoms with Gasteiger partial charge in [-0.2, -0.15) is 0 Å².